The van der Waals surface area contributed by atoms with E-state index in [-0.39, 0.29) is 11.5 Å². The van der Waals surface area contributed by atoms with Gasteiger partial charge in [0.1, 0.15) is 23.0 Å². The Balaban J connectivity index is 1.03. The molecule has 0 spiro atoms. The average molecular weight is 781 g/mol. The summed E-state index contributed by atoms with van der Waals surface area (Å²) in [5.74, 6) is 1.12. The highest BCUT2D eigenvalue weighted by atomic mass is 16.5. The Morgan fingerprint density at radius 2 is 0.828 bits per heavy atom. The number of carbonyl (C=O) groups excluding carboxylic acids is 2. The molecule has 0 saturated heterocycles. The van der Waals surface area contributed by atoms with Gasteiger partial charge < -0.3 is 18.9 Å². The molecule has 0 aromatic heterocycles. The van der Waals surface area contributed by atoms with E-state index in [1.807, 2.05) is 48.5 Å². The first-order chi connectivity index (χ1) is 28.5. The van der Waals surface area contributed by atoms with Crippen molar-refractivity contribution >= 4 is 35.7 Å². The highest BCUT2D eigenvalue weighted by Gasteiger charge is 2.12. The number of hydrogen-bond donors (Lipinski definition) is 0. The summed E-state index contributed by atoms with van der Waals surface area (Å²) in [4.78, 5) is 34.9. The molecule has 0 amide bonds. The van der Waals surface area contributed by atoms with Crippen LogP contribution < -0.4 is 18.9 Å². The molecule has 0 radical (unpaired) electrons. The predicted octanol–water partition coefficient (Wildman–Crippen LogP) is 13.1. The molecule has 0 aliphatic heterocycles. The molecule has 0 unspecified atom stereocenters. The van der Waals surface area contributed by atoms with Crippen LogP contribution in [-0.2, 0) is 0 Å². The van der Waals surface area contributed by atoms with Gasteiger partial charge in [-0.05, 0) is 109 Å². The van der Waals surface area contributed by atoms with Crippen LogP contribution in [0, 0.1) is 0 Å². The zero-order valence-corrected chi connectivity index (χ0v) is 33.9. The van der Waals surface area contributed by atoms with Crippen molar-refractivity contribution in [3.8, 4) is 23.0 Å². The van der Waals surface area contributed by atoms with Crippen molar-refractivity contribution in [2.75, 3.05) is 13.2 Å². The minimum absolute atomic E-state index is 0.254. The average Bonchev–Trinajstić information content (AvgIpc) is 3.25. The third kappa shape index (κ3) is 15.5. The first-order valence-corrected chi connectivity index (χ1v) is 20.8. The molecule has 0 N–H and O–H groups in total. The van der Waals surface area contributed by atoms with Gasteiger partial charge in [0.25, 0.3) is 0 Å². The molecule has 0 aliphatic carbocycles. The summed E-state index contributed by atoms with van der Waals surface area (Å²) >= 11 is 0. The molecule has 58 heavy (non-hydrogen) atoms. The van der Waals surface area contributed by atoms with Gasteiger partial charge in [0.2, 0.25) is 0 Å². The maximum atomic E-state index is 12.9. The first-order valence-electron chi connectivity index (χ1n) is 20.8. The Morgan fingerprint density at radius 3 is 1.22 bits per heavy atom. The number of carbonyl (C=O) groups is 2. The number of esters is 2. The Morgan fingerprint density at radius 1 is 0.448 bits per heavy atom. The number of unbranched alkanes of at least 4 members (excludes halogenated alkanes) is 10. The third-order valence-electron chi connectivity index (χ3n) is 9.45. The molecule has 0 fully saturated rings. The fraction of sp³-hybridized carbons (Fsp3) is 0.320. The standard InChI is InChI=1S/C50H56N2O6/c1-3-5-7-9-11-13-34-55-45-30-26-43(27-31-45)51-37-39-18-22-41(23-19-39)49(53)57-47-16-15-17-48(36-47)58-50(54)42-24-20-40(21-25-42)38-52-44-28-32-46(33-29-44)56-35-14-12-10-8-6-4-2/h15-33,36-38H,3-14,34-35H2,1-2H3/b51-37+,52-38+. The Kier molecular flexibility index (Phi) is 18.3. The second-order valence-electron chi connectivity index (χ2n) is 14.2. The second kappa shape index (κ2) is 24.6. The molecule has 0 bridgehead atoms. The molecule has 5 aromatic carbocycles. The van der Waals surface area contributed by atoms with Crippen molar-refractivity contribution in [3.63, 3.8) is 0 Å². The molecular weight excluding hydrogens is 725 g/mol. The van der Waals surface area contributed by atoms with Crippen LogP contribution in [0.4, 0.5) is 11.4 Å². The van der Waals surface area contributed by atoms with E-state index in [2.05, 4.69) is 23.8 Å². The Hall–Kier alpha value is -6.02. The molecule has 0 saturated carbocycles. The van der Waals surface area contributed by atoms with E-state index in [0.717, 1.165) is 60.1 Å². The van der Waals surface area contributed by atoms with Crippen LogP contribution in [0.3, 0.4) is 0 Å². The summed E-state index contributed by atoms with van der Waals surface area (Å²) in [6, 6.07) is 35.8. The molecule has 0 atom stereocenters. The van der Waals surface area contributed by atoms with Gasteiger partial charge in [0, 0.05) is 18.5 Å². The van der Waals surface area contributed by atoms with E-state index >= 15 is 0 Å². The van der Waals surface area contributed by atoms with Crippen LogP contribution in [0.15, 0.2) is 131 Å². The summed E-state index contributed by atoms with van der Waals surface area (Å²) in [6.07, 6.45) is 18.3. The lowest BCUT2D eigenvalue weighted by Crippen LogP contribution is -2.10. The molecule has 5 rings (SSSR count). The van der Waals surface area contributed by atoms with Crippen LogP contribution in [0.25, 0.3) is 0 Å². The summed E-state index contributed by atoms with van der Waals surface area (Å²) < 4.78 is 22.9. The molecule has 0 heterocycles. The number of nitrogens with zero attached hydrogens (tertiary/aromatic N) is 2. The quantitative estimate of drug-likeness (QED) is 0.0268. The van der Waals surface area contributed by atoms with Crippen LogP contribution in [-0.4, -0.2) is 37.6 Å². The summed E-state index contributed by atoms with van der Waals surface area (Å²) in [7, 11) is 0. The predicted molar refractivity (Wildman–Crippen MR) is 234 cm³/mol. The lowest BCUT2D eigenvalue weighted by molar-refractivity contribution is 0.0732. The van der Waals surface area contributed by atoms with Gasteiger partial charge in [-0.2, -0.15) is 0 Å². The maximum Gasteiger partial charge on any atom is 0.343 e. The van der Waals surface area contributed by atoms with E-state index in [1.54, 1.807) is 79.2 Å². The van der Waals surface area contributed by atoms with Crippen molar-refractivity contribution in [1.82, 2.24) is 0 Å². The topological polar surface area (TPSA) is 95.8 Å². The van der Waals surface area contributed by atoms with Crippen molar-refractivity contribution in [2.24, 2.45) is 9.98 Å². The van der Waals surface area contributed by atoms with E-state index in [1.165, 1.54) is 70.3 Å². The minimum atomic E-state index is -0.534. The minimum Gasteiger partial charge on any atom is -0.494 e. The van der Waals surface area contributed by atoms with Gasteiger partial charge >= 0.3 is 11.9 Å². The van der Waals surface area contributed by atoms with Crippen LogP contribution in [0.2, 0.25) is 0 Å². The SMILES string of the molecule is CCCCCCCCOc1ccc(/N=C/c2ccc(C(=O)Oc3cccc(OC(=O)c4ccc(/C=N/c5ccc(OCCCCCCCC)cc5)cc4)c3)cc2)cc1. The number of aliphatic imine (C=N–C) groups is 2. The molecular formula is C50H56N2O6. The van der Waals surface area contributed by atoms with E-state index in [4.69, 9.17) is 18.9 Å². The summed E-state index contributed by atoms with van der Waals surface area (Å²) in [5.41, 5.74) is 4.03. The number of ether oxygens (including phenoxy) is 4. The van der Waals surface area contributed by atoms with Crippen molar-refractivity contribution < 1.29 is 28.5 Å². The maximum absolute atomic E-state index is 12.9. The van der Waals surface area contributed by atoms with Gasteiger partial charge in [0.15, 0.2) is 0 Å². The van der Waals surface area contributed by atoms with Crippen molar-refractivity contribution in [1.29, 1.82) is 0 Å². The first kappa shape index (κ1) is 43.1. The number of hydrogen-bond acceptors (Lipinski definition) is 8. The molecule has 8 nitrogen and oxygen atoms in total. The number of benzene rings is 5. The zero-order chi connectivity index (χ0) is 40.6. The monoisotopic (exact) mass is 780 g/mol. The van der Waals surface area contributed by atoms with E-state index < -0.39 is 11.9 Å². The van der Waals surface area contributed by atoms with E-state index in [9.17, 15) is 9.59 Å². The van der Waals surface area contributed by atoms with Gasteiger partial charge in [-0.25, -0.2) is 9.59 Å². The second-order valence-corrected chi connectivity index (χ2v) is 14.2. The number of rotatable bonds is 24. The molecule has 0 aliphatic rings. The van der Waals surface area contributed by atoms with Gasteiger partial charge in [-0.3, -0.25) is 9.98 Å². The normalized spacial score (nSPS) is 11.2. The molecule has 5 aromatic rings. The molecule has 8 heteroatoms. The van der Waals surface area contributed by atoms with Crippen LogP contribution >= 0.6 is 0 Å². The van der Waals surface area contributed by atoms with Crippen molar-refractivity contribution in [3.05, 3.63) is 144 Å². The summed E-state index contributed by atoms with van der Waals surface area (Å²) in [5, 5.41) is 0. The largest absolute Gasteiger partial charge is 0.494 e. The van der Waals surface area contributed by atoms with Crippen LogP contribution in [0.5, 0.6) is 23.0 Å². The van der Waals surface area contributed by atoms with Crippen molar-refractivity contribution in [2.45, 2.75) is 90.9 Å². The zero-order valence-electron chi connectivity index (χ0n) is 33.9. The van der Waals surface area contributed by atoms with Gasteiger partial charge in [-0.1, -0.05) is 108 Å². The highest BCUT2D eigenvalue weighted by molar-refractivity contribution is 5.93. The smallest absolute Gasteiger partial charge is 0.343 e. The Labute approximate surface area is 344 Å². The van der Waals surface area contributed by atoms with Gasteiger partial charge in [-0.15, -0.1) is 0 Å². The summed E-state index contributed by atoms with van der Waals surface area (Å²) in [6.45, 7) is 5.90. The van der Waals surface area contributed by atoms with Crippen LogP contribution in [0.1, 0.15) is 123 Å². The lowest BCUT2D eigenvalue weighted by Gasteiger charge is -2.08. The Bertz CT molecular complexity index is 1880. The fourth-order valence-corrected chi connectivity index (χ4v) is 6.04. The third-order valence-corrected chi connectivity index (χ3v) is 9.45. The van der Waals surface area contributed by atoms with Gasteiger partial charge in [0.05, 0.1) is 35.7 Å². The molecule has 302 valence electrons. The lowest BCUT2D eigenvalue weighted by atomic mass is 10.1. The van der Waals surface area contributed by atoms with E-state index in [0.29, 0.717) is 11.1 Å². The highest BCUT2D eigenvalue weighted by Crippen LogP contribution is 2.23. The fourth-order valence-electron chi connectivity index (χ4n) is 6.04.